The SMILES string of the molecule is COc1cc(/C=C2\CS(=O)(=O)C/C(=C/c3cc(OC)c(OC)c(OC)c3)C2=O)cc(OC)c1OC. The van der Waals surface area contributed by atoms with E-state index in [0.717, 1.165) is 0 Å². The molecule has 0 bridgehead atoms. The molecule has 3 rings (SSSR count). The second-order valence-electron chi connectivity index (χ2n) is 7.62. The van der Waals surface area contributed by atoms with Crippen LogP contribution in [-0.4, -0.2) is 68.4 Å². The molecule has 0 aromatic heterocycles. The van der Waals surface area contributed by atoms with Crippen LogP contribution in [0.15, 0.2) is 35.4 Å². The van der Waals surface area contributed by atoms with Crippen molar-refractivity contribution in [3.8, 4) is 34.5 Å². The van der Waals surface area contributed by atoms with Crippen molar-refractivity contribution in [2.45, 2.75) is 0 Å². The van der Waals surface area contributed by atoms with Crippen LogP contribution in [0.3, 0.4) is 0 Å². The lowest BCUT2D eigenvalue weighted by atomic mass is 10.00. The van der Waals surface area contributed by atoms with Gasteiger partial charge < -0.3 is 28.4 Å². The molecule has 0 spiro atoms. The lowest BCUT2D eigenvalue weighted by Gasteiger charge is -2.19. The molecule has 188 valence electrons. The molecule has 2 aromatic rings. The maximum absolute atomic E-state index is 13.3. The summed E-state index contributed by atoms with van der Waals surface area (Å²) in [4.78, 5) is 13.3. The Morgan fingerprint density at radius 3 is 1.17 bits per heavy atom. The maximum Gasteiger partial charge on any atom is 0.203 e. The Balaban J connectivity index is 2.10. The summed E-state index contributed by atoms with van der Waals surface area (Å²) in [6, 6.07) is 6.58. The number of ketones is 1. The van der Waals surface area contributed by atoms with Gasteiger partial charge in [-0.1, -0.05) is 0 Å². The van der Waals surface area contributed by atoms with Crippen LogP contribution < -0.4 is 28.4 Å². The van der Waals surface area contributed by atoms with E-state index in [9.17, 15) is 13.2 Å². The number of methoxy groups -OCH3 is 6. The van der Waals surface area contributed by atoms with Gasteiger partial charge in [-0.3, -0.25) is 4.79 Å². The molecule has 0 aliphatic carbocycles. The van der Waals surface area contributed by atoms with Gasteiger partial charge in [0.05, 0.1) is 54.2 Å². The number of hydrogen-bond donors (Lipinski definition) is 0. The van der Waals surface area contributed by atoms with Crippen molar-refractivity contribution in [1.29, 1.82) is 0 Å². The highest BCUT2D eigenvalue weighted by Crippen LogP contribution is 2.40. The number of sulfone groups is 1. The van der Waals surface area contributed by atoms with E-state index in [1.165, 1.54) is 54.8 Å². The first kappa shape index (κ1) is 26.0. The molecule has 0 amide bonds. The Morgan fingerprint density at radius 1 is 0.600 bits per heavy atom. The number of hydrogen-bond acceptors (Lipinski definition) is 9. The van der Waals surface area contributed by atoms with E-state index < -0.39 is 9.84 Å². The predicted molar refractivity (Wildman–Crippen MR) is 132 cm³/mol. The quantitative estimate of drug-likeness (QED) is 0.501. The summed E-state index contributed by atoms with van der Waals surface area (Å²) in [7, 11) is 5.29. The summed E-state index contributed by atoms with van der Waals surface area (Å²) in [6.07, 6.45) is 3.04. The number of rotatable bonds is 8. The van der Waals surface area contributed by atoms with Gasteiger partial charge in [-0.2, -0.15) is 0 Å². The van der Waals surface area contributed by atoms with E-state index in [1.54, 1.807) is 24.3 Å². The van der Waals surface area contributed by atoms with Crippen molar-refractivity contribution in [1.82, 2.24) is 0 Å². The Bertz CT molecular complexity index is 1150. The summed E-state index contributed by atoms with van der Waals surface area (Å²) in [5.41, 5.74) is 1.33. The molecule has 0 unspecified atom stereocenters. The van der Waals surface area contributed by atoms with E-state index in [1.807, 2.05) is 0 Å². The van der Waals surface area contributed by atoms with Crippen molar-refractivity contribution < 1.29 is 41.6 Å². The maximum atomic E-state index is 13.3. The number of benzene rings is 2. The first-order valence-corrected chi connectivity index (χ1v) is 12.3. The van der Waals surface area contributed by atoms with Gasteiger partial charge in [-0.15, -0.1) is 0 Å². The van der Waals surface area contributed by atoms with Gasteiger partial charge in [0.1, 0.15) is 0 Å². The average molecular weight is 505 g/mol. The van der Waals surface area contributed by atoms with E-state index in [0.29, 0.717) is 45.6 Å². The van der Waals surface area contributed by atoms with Crippen LogP contribution in [0.25, 0.3) is 12.2 Å². The molecule has 2 aromatic carbocycles. The number of carbonyl (C=O) groups excluding carboxylic acids is 1. The summed E-state index contributed by atoms with van der Waals surface area (Å²) in [5, 5.41) is 0. The standard InChI is InChI=1S/C25H28O9S/c1-29-19-9-15(10-20(30-2)24(19)33-5)7-17-13-35(27,28)14-18(23(17)26)8-16-11-21(31-3)25(34-6)22(12-16)32-4/h7-12H,13-14H2,1-6H3/b17-7-,18-8+. The van der Waals surface area contributed by atoms with Crippen LogP contribution >= 0.6 is 0 Å². The topological polar surface area (TPSA) is 107 Å². The fourth-order valence-corrected chi connectivity index (χ4v) is 5.33. The van der Waals surface area contributed by atoms with E-state index in [4.69, 9.17) is 28.4 Å². The predicted octanol–water partition coefficient (Wildman–Crippen LogP) is 3.20. The molecule has 10 heteroatoms. The van der Waals surface area contributed by atoms with Crippen LogP contribution in [0.5, 0.6) is 34.5 Å². The minimum absolute atomic E-state index is 0.129. The van der Waals surface area contributed by atoms with Crippen molar-refractivity contribution in [2.24, 2.45) is 0 Å². The Labute approximate surface area is 204 Å². The molecule has 1 aliphatic heterocycles. The van der Waals surface area contributed by atoms with Crippen LogP contribution in [0.1, 0.15) is 11.1 Å². The first-order valence-electron chi connectivity index (χ1n) is 10.5. The Hall–Kier alpha value is -3.66. The zero-order valence-electron chi connectivity index (χ0n) is 20.5. The van der Waals surface area contributed by atoms with Crippen LogP contribution in [0.2, 0.25) is 0 Å². The zero-order chi connectivity index (χ0) is 25.8. The summed E-state index contributed by atoms with van der Waals surface area (Å²) < 4.78 is 57.5. The minimum Gasteiger partial charge on any atom is -0.493 e. The molecule has 35 heavy (non-hydrogen) atoms. The fourth-order valence-electron chi connectivity index (χ4n) is 3.85. The van der Waals surface area contributed by atoms with Crippen molar-refractivity contribution in [3.63, 3.8) is 0 Å². The third-order valence-corrected chi connectivity index (χ3v) is 6.89. The highest BCUT2D eigenvalue weighted by Gasteiger charge is 2.31. The van der Waals surface area contributed by atoms with Crippen LogP contribution in [0.4, 0.5) is 0 Å². The molecule has 1 aliphatic rings. The van der Waals surface area contributed by atoms with Gasteiger partial charge in [0.15, 0.2) is 38.6 Å². The van der Waals surface area contributed by atoms with Gasteiger partial charge >= 0.3 is 0 Å². The average Bonchev–Trinajstić information content (AvgIpc) is 2.84. The summed E-state index contributed by atoms with van der Waals surface area (Å²) in [6.45, 7) is 0. The molecular formula is C25H28O9S. The molecule has 0 saturated carbocycles. The largest absolute Gasteiger partial charge is 0.493 e. The number of Topliss-reactive ketones (excluding diaryl/α,β-unsaturated/α-hetero) is 1. The lowest BCUT2D eigenvalue weighted by molar-refractivity contribution is -0.112. The van der Waals surface area contributed by atoms with Crippen molar-refractivity contribution in [3.05, 3.63) is 46.5 Å². The smallest absolute Gasteiger partial charge is 0.203 e. The van der Waals surface area contributed by atoms with E-state index >= 15 is 0 Å². The second kappa shape index (κ2) is 10.7. The minimum atomic E-state index is -3.57. The van der Waals surface area contributed by atoms with Crippen LogP contribution in [0, 0.1) is 0 Å². The fraction of sp³-hybridized carbons (Fsp3) is 0.320. The van der Waals surface area contributed by atoms with Gasteiger partial charge in [-0.25, -0.2) is 8.42 Å². The third-order valence-electron chi connectivity index (χ3n) is 5.39. The Morgan fingerprint density at radius 2 is 0.914 bits per heavy atom. The number of carbonyl (C=O) groups is 1. The summed E-state index contributed by atoms with van der Waals surface area (Å²) >= 11 is 0. The number of ether oxygens (including phenoxy) is 6. The molecule has 1 fully saturated rings. The van der Waals surface area contributed by atoms with E-state index in [-0.39, 0.29) is 28.4 Å². The lowest BCUT2D eigenvalue weighted by Crippen LogP contribution is -2.28. The Kier molecular flexibility index (Phi) is 7.96. The molecular weight excluding hydrogens is 476 g/mol. The van der Waals surface area contributed by atoms with Gasteiger partial charge in [0, 0.05) is 11.1 Å². The molecule has 0 atom stereocenters. The first-order chi connectivity index (χ1) is 16.7. The van der Waals surface area contributed by atoms with Crippen molar-refractivity contribution in [2.75, 3.05) is 54.2 Å². The van der Waals surface area contributed by atoms with Crippen molar-refractivity contribution >= 4 is 27.8 Å². The molecule has 0 N–H and O–H groups in total. The second-order valence-corrected chi connectivity index (χ2v) is 9.68. The summed E-state index contributed by atoms with van der Waals surface area (Å²) in [5.74, 6) is 1.20. The van der Waals surface area contributed by atoms with E-state index in [2.05, 4.69) is 0 Å². The molecule has 9 nitrogen and oxygen atoms in total. The molecule has 1 saturated heterocycles. The van der Waals surface area contributed by atoms with Gasteiger partial charge in [0.2, 0.25) is 11.5 Å². The van der Waals surface area contributed by atoms with Crippen LogP contribution in [-0.2, 0) is 14.6 Å². The van der Waals surface area contributed by atoms with Gasteiger partial charge in [0.25, 0.3) is 0 Å². The highest BCUT2D eigenvalue weighted by molar-refractivity contribution is 7.92. The molecule has 0 radical (unpaired) electrons. The third kappa shape index (κ3) is 5.54. The van der Waals surface area contributed by atoms with Gasteiger partial charge in [-0.05, 0) is 47.5 Å². The molecule has 1 heterocycles. The monoisotopic (exact) mass is 504 g/mol. The highest BCUT2D eigenvalue weighted by atomic mass is 32.2. The zero-order valence-corrected chi connectivity index (χ0v) is 21.3. The normalized spacial score (nSPS) is 17.3.